The lowest BCUT2D eigenvalue weighted by Crippen LogP contribution is -2.41. The van der Waals surface area contributed by atoms with Crippen molar-refractivity contribution in [2.45, 2.75) is 37.1 Å². The van der Waals surface area contributed by atoms with Crippen LogP contribution in [0.1, 0.15) is 36.5 Å². The maximum Gasteiger partial charge on any atom is 0.255 e. The lowest BCUT2D eigenvalue weighted by molar-refractivity contribution is 0.102. The molecule has 1 fully saturated rings. The minimum Gasteiger partial charge on any atom is -0.319 e. The molecular weight excluding hydrogens is 391 g/mol. The van der Waals surface area contributed by atoms with E-state index in [1.165, 1.54) is 40.7 Å². The average Bonchev–Trinajstić information content (AvgIpc) is 2.64. The van der Waals surface area contributed by atoms with E-state index in [1.54, 1.807) is 0 Å². The van der Waals surface area contributed by atoms with E-state index < -0.39 is 21.7 Å². The fourth-order valence-corrected chi connectivity index (χ4v) is 4.99. The molecule has 0 radical (unpaired) electrons. The Morgan fingerprint density at radius 2 is 1.89 bits per heavy atom. The third-order valence-electron chi connectivity index (χ3n) is 4.64. The van der Waals surface area contributed by atoms with Crippen molar-refractivity contribution < 1.29 is 17.6 Å². The van der Waals surface area contributed by atoms with Crippen LogP contribution in [0.15, 0.2) is 47.4 Å². The molecule has 0 aromatic heterocycles. The van der Waals surface area contributed by atoms with Gasteiger partial charge >= 0.3 is 0 Å². The molecule has 0 spiro atoms. The molecule has 0 aliphatic carbocycles. The summed E-state index contributed by atoms with van der Waals surface area (Å²) >= 11 is 5.69. The largest absolute Gasteiger partial charge is 0.319 e. The van der Waals surface area contributed by atoms with Gasteiger partial charge in [-0.2, -0.15) is 4.31 Å². The minimum atomic E-state index is -3.60. The van der Waals surface area contributed by atoms with Crippen LogP contribution in [0.5, 0.6) is 0 Å². The molecule has 8 heteroatoms. The van der Waals surface area contributed by atoms with Gasteiger partial charge in [-0.3, -0.25) is 4.79 Å². The third kappa shape index (κ3) is 4.31. The third-order valence-corrected chi connectivity index (χ3v) is 6.91. The summed E-state index contributed by atoms with van der Waals surface area (Å²) in [4.78, 5) is 12.4. The summed E-state index contributed by atoms with van der Waals surface area (Å²) < 4.78 is 40.9. The van der Waals surface area contributed by atoms with E-state index in [2.05, 4.69) is 5.32 Å². The van der Waals surface area contributed by atoms with Gasteiger partial charge in [-0.25, -0.2) is 12.8 Å². The Hall–Kier alpha value is -1.96. The van der Waals surface area contributed by atoms with Crippen LogP contribution in [0, 0.1) is 5.82 Å². The van der Waals surface area contributed by atoms with Crippen LogP contribution in [0.25, 0.3) is 0 Å². The van der Waals surface area contributed by atoms with E-state index in [0.717, 1.165) is 25.3 Å². The van der Waals surface area contributed by atoms with Crippen LogP contribution in [0.3, 0.4) is 0 Å². The predicted molar refractivity (Wildman–Crippen MR) is 103 cm³/mol. The number of halogens is 2. The first-order valence-corrected chi connectivity index (χ1v) is 10.5. The Kier molecular flexibility index (Phi) is 5.83. The molecule has 0 saturated carbocycles. The van der Waals surface area contributed by atoms with E-state index >= 15 is 0 Å². The number of piperidine rings is 1. The minimum absolute atomic E-state index is 0.00300. The van der Waals surface area contributed by atoms with Crippen LogP contribution in [0.2, 0.25) is 5.02 Å². The van der Waals surface area contributed by atoms with E-state index in [0.29, 0.717) is 6.54 Å². The number of nitrogens with zero attached hydrogens (tertiary/aromatic N) is 1. The summed E-state index contributed by atoms with van der Waals surface area (Å²) in [5, 5.41) is 2.68. The zero-order valence-corrected chi connectivity index (χ0v) is 16.4. The van der Waals surface area contributed by atoms with Gasteiger partial charge in [0, 0.05) is 23.2 Å². The molecule has 0 bridgehead atoms. The number of rotatable bonds is 4. The van der Waals surface area contributed by atoms with Crippen molar-refractivity contribution in [2.24, 2.45) is 0 Å². The molecular formula is C19H20ClFN2O3S. The zero-order valence-electron chi connectivity index (χ0n) is 14.8. The highest BCUT2D eigenvalue weighted by Crippen LogP contribution is 2.25. The van der Waals surface area contributed by atoms with Gasteiger partial charge in [0.1, 0.15) is 5.82 Å². The SMILES string of the molecule is CC1CCCCN1S(=O)(=O)c1ccc(C(=O)Nc2ccc(Cl)cc2F)cc1. The molecule has 3 rings (SSSR count). The lowest BCUT2D eigenvalue weighted by Gasteiger charge is -2.32. The number of benzene rings is 2. The molecule has 1 unspecified atom stereocenters. The second-order valence-electron chi connectivity index (χ2n) is 6.56. The Bertz CT molecular complexity index is 948. The van der Waals surface area contributed by atoms with E-state index in [4.69, 9.17) is 11.6 Å². The van der Waals surface area contributed by atoms with Crippen molar-refractivity contribution in [1.29, 1.82) is 0 Å². The predicted octanol–water partition coefficient (Wildman–Crippen LogP) is 4.29. The monoisotopic (exact) mass is 410 g/mol. The fourth-order valence-electron chi connectivity index (χ4n) is 3.13. The molecule has 1 N–H and O–H groups in total. The van der Waals surface area contributed by atoms with Gasteiger partial charge in [-0.15, -0.1) is 0 Å². The van der Waals surface area contributed by atoms with E-state index in [1.807, 2.05) is 6.92 Å². The molecule has 1 aliphatic heterocycles. The smallest absolute Gasteiger partial charge is 0.255 e. The Balaban J connectivity index is 1.77. The molecule has 1 aliphatic rings. The Morgan fingerprint density at radius 1 is 1.19 bits per heavy atom. The first-order chi connectivity index (χ1) is 12.8. The first kappa shape index (κ1) is 19.8. The van der Waals surface area contributed by atoms with Crippen molar-refractivity contribution in [2.75, 3.05) is 11.9 Å². The topological polar surface area (TPSA) is 66.5 Å². The Labute approximate surface area is 163 Å². The Morgan fingerprint density at radius 3 is 2.52 bits per heavy atom. The molecule has 27 heavy (non-hydrogen) atoms. The summed E-state index contributed by atoms with van der Waals surface area (Å²) in [6.07, 6.45) is 2.71. The van der Waals surface area contributed by atoms with Crippen molar-refractivity contribution >= 4 is 33.2 Å². The van der Waals surface area contributed by atoms with Gasteiger partial charge < -0.3 is 5.32 Å². The highest BCUT2D eigenvalue weighted by molar-refractivity contribution is 7.89. The molecule has 1 saturated heterocycles. The molecule has 5 nitrogen and oxygen atoms in total. The van der Waals surface area contributed by atoms with Gasteiger partial charge in [-0.1, -0.05) is 18.0 Å². The number of anilines is 1. The molecule has 2 aromatic carbocycles. The molecule has 1 amide bonds. The number of hydrogen-bond donors (Lipinski definition) is 1. The summed E-state index contributed by atoms with van der Waals surface area (Å²) in [6.45, 7) is 2.40. The van der Waals surface area contributed by atoms with Crippen LogP contribution in [0.4, 0.5) is 10.1 Å². The van der Waals surface area contributed by atoms with Crippen LogP contribution >= 0.6 is 11.6 Å². The number of nitrogens with one attached hydrogen (secondary N) is 1. The van der Waals surface area contributed by atoms with Gasteiger partial charge in [0.15, 0.2) is 0 Å². The summed E-state index contributed by atoms with van der Waals surface area (Å²) in [5.41, 5.74) is 0.234. The van der Waals surface area contributed by atoms with Crippen molar-refractivity contribution in [3.05, 3.63) is 58.9 Å². The lowest BCUT2D eigenvalue weighted by atomic mass is 10.1. The van der Waals surface area contributed by atoms with E-state index in [9.17, 15) is 17.6 Å². The normalized spacial score (nSPS) is 18.3. The second kappa shape index (κ2) is 7.96. The molecule has 2 aromatic rings. The molecule has 1 heterocycles. The number of carbonyl (C=O) groups is 1. The van der Waals surface area contributed by atoms with Crippen LogP contribution in [-0.4, -0.2) is 31.2 Å². The van der Waals surface area contributed by atoms with Crippen molar-refractivity contribution in [1.82, 2.24) is 4.31 Å². The number of amides is 1. The number of sulfonamides is 1. The highest BCUT2D eigenvalue weighted by atomic mass is 35.5. The van der Waals surface area contributed by atoms with Crippen LogP contribution < -0.4 is 5.32 Å². The van der Waals surface area contributed by atoms with Gasteiger partial charge in [0.25, 0.3) is 5.91 Å². The number of carbonyl (C=O) groups excluding carboxylic acids is 1. The zero-order chi connectivity index (χ0) is 19.6. The highest BCUT2D eigenvalue weighted by Gasteiger charge is 2.30. The van der Waals surface area contributed by atoms with Crippen molar-refractivity contribution in [3.8, 4) is 0 Å². The number of hydrogen-bond acceptors (Lipinski definition) is 3. The van der Waals surface area contributed by atoms with E-state index in [-0.39, 0.29) is 27.2 Å². The quantitative estimate of drug-likeness (QED) is 0.817. The molecule has 1 atom stereocenters. The summed E-state index contributed by atoms with van der Waals surface area (Å²) in [6, 6.07) is 9.55. The summed E-state index contributed by atoms with van der Waals surface area (Å²) in [5.74, 6) is -1.18. The maximum atomic E-state index is 13.8. The first-order valence-electron chi connectivity index (χ1n) is 8.67. The standard InChI is InChI=1S/C19H20ClFN2O3S/c1-13-4-2-3-11-23(13)27(25,26)16-8-5-14(6-9-16)19(24)22-18-10-7-15(20)12-17(18)21/h5-10,12-13H,2-4,11H2,1H3,(H,22,24). The van der Waals surface area contributed by atoms with Gasteiger partial charge in [0.2, 0.25) is 10.0 Å². The van der Waals surface area contributed by atoms with Crippen LogP contribution in [-0.2, 0) is 10.0 Å². The van der Waals surface area contributed by atoms with Gasteiger partial charge in [0.05, 0.1) is 10.6 Å². The fraction of sp³-hybridized carbons (Fsp3) is 0.316. The average molecular weight is 411 g/mol. The van der Waals surface area contributed by atoms with Gasteiger partial charge in [-0.05, 0) is 62.2 Å². The summed E-state index contributed by atoms with van der Waals surface area (Å²) in [7, 11) is -3.60. The van der Waals surface area contributed by atoms with Crippen molar-refractivity contribution in [3.63, 3.8) is 0 Å². The molecule has 144 valence electrons. The second-order valence-corrected chi connectivity index (χ2v) is 8.89. The maximum absolute atomic E-state index is 13.8.